The topological polar surface area (TPSA) is 92.8 Å². The van der Waals surface area contributed by atoms with Gasteiger partial charge < -0.3 is 10.1 Å². The Morgan fingerprint density at radius 1 is 1.21 bits per heavy atom. The van der Waals surface area contributed by atoms with E-state index >= 15 is 0 Å². The van der Waals surface area contributed by atoms with Crippen LogP contribution in [0.15, 0.2) is 0 Å². The first kappa shape index (κ1) is 22.2. The van der Waals surface area contributed by atoms with Crippen LogP contribution in [0.1, 0.15) is 60.8 Å². The fourth-order valence-electron chi connectivity index (χ4n) is 3.99. The molecule has 0 bridgehead atoms. The molecule has 1 amide bonds. The van der Waals surface area contributed by atoms with Gasteiger partial charge in [-0.2, -0.15) is 0 Å². The van der Waals surface area contributed by atoms with Gasteiger partial charge in [-0.25, -0.2) is 17.5 Å². The molecule has 0 radical (unpaired) electrons. The van der Waals surface area contributed by atoms with Crippen molar-refractivity contribution >= 4 is 38.2 Å². The summed E-state index contributed by atoms with van der Waals surface area (Å²) in [6, 6.07) is 0. The van der Waals surface area contributed by atoms with Crippen molar-refractivity contribution in [3.63, 3.8) is 0 Å². The molecule has 1 fully saturated rings. The number of ether oxygens (including phenoxy) is 1. The predicted molar refractivity (Wildman–Crippen MR) is 114 cm³/mol. The molecule has 1 N–H and O–H groups in total. The van der Waals surface area contributed by atoms with E-state index in [1.165, 1.54) is 21.9 Å². The highest BCUT2D eigenvalue weighted by molar-refractivity contribution is 7.88. The van der Waals surface area contributed by atoms with Gasteiger partial charge in [-0.15, -0.1) is 11.3 Å². The lowest BCUT2D eigenvalue weighted by molar-refractivity contribution is -0.120. The molecule has 1 aromatic heterocycles. The van der Waals surface area contributed by atoms with Crippen LogP contribution in [0.3, 0.4) is 0 Å². The third-order valence-electron chi connectivity index (χ3n) is 5.59. The van der Waals surface area contributed by atoms with E-state index in [-0.39, 0.29) is 23.9 Å². The van der Waals surface area contributed by atoms with Crippen LogP contribution in [0.25, 0.3) is 0 Å². The second-order valence-corrected chi connectivity index (χ2v) is 11.5. The maximum Gasteiger partial charge on any atom is 0.341 e. The molecule has 0 aromatic carbocycles. The lowest BCUT2D eigenvalue weighted by atomic mass is 9.88. The molecule has 1 unspecified atom stereocenters. The number of carbonyl (C=O) groups excluding carboxylic acids is 2. The van der Waals surface area contributed by atoms with Crippen molar-refractivity contribution in [1.82, 2.24) is 4.31 Å². The van der Waals surface area contributed by atoms with Gasteiger partial charge in [0.25, 0.3) is 0 Å². The number of sulfonamides is 1. The molecule has 3 rings (SSSR count). The largest absolute Gasteiger partial charge is 0.459 e. The fourth-order valence-corrected chi connectivity index (χ4v) is 6.27. The highest BCUT2D eigenvalue weighted by atomic mass is 32.2. The third-order valence-corrected chi connectivity index (χ3v) is 8.06. The summed E-state index contributed by atoms with van der Waals surface area (Å²) >= 11 is 1.48. The molecule has 9 heteroatoms. The van der Waals surface area contributed by atoms with Gasteiger partial charge >= 0.3 is 5.97 Å². The van der Waals surface area contributed by atoms with Gasteiger partial charge in [-0.05, 0) is 57.4 Å². The summed E-state index contributed by atoms with van der Waals surface area (Å²) in [4.78, 5) is 26.8. The van der Waals surface area contributed by atoms with E-state index in [1.54, 1.807) is 0 Å². The lowest BCUT2D eigenvalue weighted by Crippen LogP contribution is -2.40. The maximum atomic E-state index is 12.9. The quantitative estimate of drug-likeness (QED) is 0.708. The molecule has 0 saturated carbocycles. The summed E-state index contributed by atoms with van der Waals surface area (Å²) in [5.41, 5.74) is 1.52. The zero-order valence-corrected chi connectivity index (χ0v) is 19.1. The van der Waals surface area contributed by atoms with E-state index in [9.17, 15) is 18.0 Å². The van der Waals surface area contributed by atoms with Crippen molar-refractivity contribution in [2.75, 3.05) is 24.7 Å². The summed E-state index contributed by atoms with van der Waals surface area (Å²) in [7, 11) is -3.23. The van der Waals surface area contributed by atoms with Crippen LogP contribution in [0.4, 0.5) is 5.00 Å². The van der Waals surface area contributed by atoms with Crippen LogP contribution in [-0.2, 0) is 32.4 Å². The molecule has 1 saturated heterocycles. The number of fused-ring (bicyclic) bond motifs is 1. The van der Waals surface area contributed by atoms with E-state index in [0.717, 1.165) is 29.7 Å². The minimum Gasteiger partial charge on any atom is -0.459 e. The number of amides is 1. The smallest absolute Gasteiger partial charge is 0.341 e. The molecular weight excluding hydrogens is 412 g/mol. The molecule has 162 valence electrons. The Morgan fingerprint density at radius 2 is 1.86 bits per heavy atom. The highest BCUT2D eigenvalue weighted by Crippen LogP contribution is 2.40. The van der Waals surface area contributed by atoms with E-state index in [1.807, 2.05) is 13.8 Å². The summed E-state index contributed by atoms with van der Waals surface area (Å²) in [6.45, 7) is 6.51. The van der Waals surface area contributed by atoms with Gasteiger partial charge in [-0.1, -0.05) is 6.92 Å². The normalized spacial score (nSPS) is 21.1. The number of hydrogen-bond acceptors (Lipinski definition) is 6. The summed E-state index contributed by atoms with van der Waals surface area (Å²) in [6.07, 6.45) is 4.66. The van der Waals surface area contributed by atoms with Crippen LogP contribution in [-0.4, -0.2) is 50.0 Å². The number of rotatable bonds is 5. The van der Waals surface area contributed by atoms with Crippen molar-refractivity contribution in [1.29, 1.82) is 0 Å². The molecule has 2 aliphatic rings. The average molecular weight is 443 g/mol. The van der Waals surface area contributed by atoms with E-state index in [0.29, 0.717) is 42.4 Å². The van der Waals surface area contributed by atoms with Crippen LogP contribution < -0.4 is 5.32 Å². The summed E-state index contributed by atoms with van der Waals surface area (Å²) in [5.74, 6) is -0.239. The van der Waals surface area contributed by atoms with E-state index in [4.69, 9.17) is 4.74 Å². The third kappa shape index (κ3) is 5.19. The molecule has 1 aliphatic carbocycles. The number of esters is 1. The van der Waals surface area contributed by atoms with Crippen LogP contribution >= 0.6 is 11.3 Å². The molecule has 2 heterocycles. The van der Waals surface area contributed by atoms with Crippen LogP contribution in [0, 0.1) is 11.8 Å². The predicted octanol–water partition coefficient (Wildman–Crippen LogP) is 3.05. The molecule has 1 aliphatic heterocycles. The Hall–Kier alpha value is -1.45. The van der Waals surface area contributed by atoms with Crippen LogP contribution in [0.2, 0.25) is 0 Å². The Bertz CT molecular complexity index is 883. The minimum absolute atomic E-state index is 0.150. The Labute approximate surface area is 176 Å². The molecule has 29 heavy (non-hydrogen) atoms. The number of anilines is 1. The van der Waals surface area contributed by atoms with Crippen molar-refractivity contribution in [2.24, 2.45) is 11.8 Å². The number of thiophene rings is 1. The van der Waals surface area contributed by atoms with Crippen LogP contribution in [0.5, 0.6) is 0 Å². The molecule has 1 aromatic rings. The van der Waals surface area contributed by atoms with Gasteiger partial charge in [0.1, 0.15) is 5.00 Å². The molecule has 0 spiro atoms. The number of nitrogens with one attached hydrogen (secondary N) is 1. The first-order chi connectivity index (χ1) is 13.6. The van der Waals surface area contributed by atoms with Crippen molar-refractivity contribution < 1.29 is 22.7 Å². The standard InChI is InChI=1S/C20H30N2O5S2/c1-12(2)27-20(24)17-15-6-5-13(3)11-16(15)28-19(17)21-18(23)14-7-9-22(10-8-14)29(4,25)26/h12-14H,5-11H2,1-4H3,(H,21,23). The van der Waals surface area contributed by atoms with Crippen molar-refractivity contribution in [2.45, 2.75) is 59.0 Å². The molecular formula is C20H30N2O5S2. The number of piperidine rings is 1. The minimum atomic E-state index is -3.23. The molecule has 7 nitrogen and oxygen atoms in total. The van der Waals surface area contributed by atoms with Gasteiger partial charge in [-0.3, -0.25) is 4.79 Å². The van der Waals surface area contributed by atoms with Crippen molar-refractivity contribution in [3.8, 4) is 0 Å². The first-order valence-electron chi connectivity index (χ1n) is 10.2. The van der Waals surface area contributed by atoms with E-state index in [2.05, 4.69) is 12.2 Å². The van der Waals surface area contributed by atoms with Gasteiger partial charge in [0, 0.05) is 23.9 Å². The average Bonchev–Trinajstić information content (AvgIpc) is 2.97. The molecule has 1 atom stereocenters. The van der Waals surface area contributed by atoms with Crippen molar-refractivity contribution in [3.05, 3.63) is 16.0 Å². The Balaban J connectivity index is 1.78. The lowest BCUT2D eigenvalue weighted by Gasteiger charge is -2.29. The SMILES string of the molecule is CC1CCc2c(sc(NC(=O)C3CCN(S(C)(=O)=O)CC3)c2C(=O)OC(C)C)C1. The summed E-state index contributed by atoms with van der Waals surface area (Å²) in [5, 5.41) is 3.55. The zero-order chi connectivity index (χ0) is 21.3. The number of hydrogen-bond donors (Lipinski definition) is 1. The van der Waals surface area contributed by atoms with Gasteiger partial charge in [0.2, 0.25) is 15.9 Å². The summed E-state index contributed by atoms with van der Waals surface area (Å²) < 4.78 is 30.2. The number of carbonyl (C=O) groups is 2. The number of nitrogens with zero attached hydrogens (tertiary/aromatic N) is 1. The Kier molecular flexibility index (Phi) is 6.70. The Morgan fingerprint density at radius 3 is 2.45 bits per heavy atom. The first-order valence-corrected chi connectivity index (χ1v) is 12.8. The van der Waals surface area contributed by atoms with Gasteiger partial charge in [0.15, 0.2) is 0 Å². The maximum absolute atomic E-state index is 12.9. The second-order valence-electron chi connectivity index (χ2n) is 8.44. The fraction of sp³-hybridized carbons (Fsp3) is 0.700. The van der Waals surface area contributed by atoms with E-state index < -0.39 is 10.0 Å². The zero-order valence-electron chi connectivity index (χ0n) is 17.5. The monoisotopic (exact) mass is 442 g/mol. The van der Waals surface area contributed by atoms with Gasteiger partial charge in [0.05, 0.1) is 17.9 Å². The second kappa shape index (κ2) is 8.73. The highest BCUT2D eigenvalue weighted by Gasteiger charge is 2.33.